The van der Waals surface area contributed by atoms with Crippen molar-refractivity contribution >= 4 is 5.78 Å². The van der Waals surface area contributed by atoms with Gasteiger partial charge in [-0.3, -0.25) is 4.79 Å². The summed E-state index contributed by atoms with van der Waals surface area (Å²) in [4.78, 5) is 13.0. The molecule has 128 valence electrons. The molecule has 2 bridgehead atoms. The lowest BCUT2D eigenvalue weighted by Gasteiger charge is -2.68. The summed E-state index contributed by atoms with van der Waals surface area (Å²) in [5, 5.41) is 21.0. The van der Waals surface area contributed by atoms with E-state index in [4.69, 9.17) is 0 Å². The number of hydrogen-bond donors (Lipinski definition) is 2. The first-order chi connectivity index (χ1) is 10.6. The Morgan fingerprint density at radius 1 is 1.09 bits per heavy atom. The number of carbonyl (C=O) groups excluding carboxylic acids is 1. The molecule has 5 fully saturated rings. The molecule has 3 nitrogen and oxygen atoms in total. The highest BCUT2D eigenvalue weighted by Gasteiger charge is 2.68. The number of aliphatic hydroxyl groups is 2. The minimum absolute atomic E-state index is 0.0417. The minimum Gasteiger partial charge on any atom is -0.393 e. The first kappa shape index (κ1) is 15.8. The Balaban J connectivity index is 1.80. The molecule has 0 aromatic heterocycles. The van der Waals surface area contributed by atoms with Crippen LogP contribution in [-0.4, -0.2) is 28.2 Å². The van der Waals surface area contributed by atoms with Crippen molar-refractivity contribution in [3.8, 4) is 0 Å². The molecule has 2 N–H and O–H groups in total. The maximum Gasteiger partial charge on any atom is 0.168 e. The van der Waals surface area contributed by atoms with Crippen LogP contribution in [0.2, 0.25) is 0 Å². The molecule has 5 saturated carbocycles. The van der Waals surface area contributed by atoms with Gasteiger partial charge in [-0.2, -0.15) is 0 Å². The van der Waals surface area contributed by atoms with Gasteiger partial charge in [0.1, 0.15) is 6.10 Å². The number of hydrogen-bond acceptors (Lipinski definition) is 3. The van der Waals surface area contributed by atoms with Crippen LogP contribution in [-0.2, 0) is 4.79 Å². The number of carbonyl (C=O) groups is 1. The van der Waals surface area contributed by atoms with Crippen molar-refractivity contribution in [2.45, 2.75) is 71.5 Å². The fourth-order valence-electron chi connectivity index (χ4n) is 7.28. The summed E-state index contributed by atoms with van der Waals surface area (Å²) in [7, 11) is 0. The smallest absolute Gasteiger partial charge is 0.168 e. The molecule has 7 atom stereocenters. The van der Waals surface area contributed by atoms with Gasteiger partial charge in [0.2, 0.25) is 0 Å². The third-order valence-electron chi connectivity index (χ3n) is 8.55. The van der Waals surface area contributed by atoms with E-state index < -0.39 is 6.10 Å². The monoisotopic (exact) mass is 318 g/mol. The van der Waals surface area contributed by atoms with Crippen LogP contribution in [0.25, 0.3) is 0 Å². The second-order valence-corrected chi connectivity index (χ2v) is 9.67. The molecule has 0 aromatic carbocycles. The van der Waals surface area contributed by atoms with Crippen LogP contribution in [0.5, 0.6) is 0 Å². The lowest BCUT2D eigenvalue weighted by molar-refractivity contribution is -0.207. The molecule has 0 amide bonds. The Labute approximate surface area is 139 Å². The zero-order valence-corrected chi connectivity index (χ0v) is 14.6. The second kappa shape index (κ2) is 4.49. The van der Waals surface area contributed by atoms with Crippen LogP contribution >= 0.6 is 0 Å². The van der Waals surface area contributed by atoms with E-state index in [1.165, 1.54) is 0 Å². The van der Waals surface area contributed by atoms with Crippen LogP contribution < -0.4 is 0 Å². The van der Waals surface area contributed by atoms with Crippen LogP contribution in [0, 0.1) is 34.0 Å². The van der Waals surface area contributed by atoms with Crippen molar-refractivity contribution in [1.29, 1.82) is 0 Å². The van der Waals surface area contributed by atoms with E-state index in [0.29, 0.717) is 11.8 Å². The zero-order chi connectivity index (χ0) is 16.8. The SMILES string of the molecule is C=C1C[C@@]23CC[C@H]4C(C)(C)[C@@H](O)CC[C@@]4(C)[C@@H]2C[C@@H]1C(O)C3=O. The first-order valence-corrected chi connectivity index (χ1v) is 9.23. The summed E-state index contributed by atoms with van der Waals surface area (Å²) in [6, 6.07) is 0. The standard InChI is InChI=1S/C20H30O3/c1-11-10-20-8-5-13-18(2,3)15(21)6-7-19(13,4)14(20)9-12(11)16(22)17(20)23/h12-16,21-22H,1,5-10H2,2-4H3/t12-,13-,14-,15-,16?,19+,20-/m0/s1. The largest absolute Gasteiger partial charge is 0.393 e. The van der Waals surface area contributed by atoms with E-state index in [9.17, 15) is 15.0 Å². The number of fused-ring (bicyclic) bond motifs is 3. The first-order valence-electron chi connectivity index (χ1n) is 9.23. The third kappa shape index (κ3) is 1.71. The molecule has 5 rings (SSSR count). The Morgan fingerprint density at radius 2 is 1.78 bits per heavy atom. The Bertz CT molecular complexity index is 579. The molecule has 0 saturated heterocycles. The predicted octanol–water partition coefficient (Wildman–Crippen LogP) is 3.10. The summed E-state index contributed by atoms with van der Waals surface area (Å²) in [6.07, 6.45) is 4.28. The zero-order valence-electron chi connectivity index (χ0n) is 14.6. The van der Waals surface area contributed by atoms with E-state index in [2.05, 4.69) is 27.4 Å². The predicted molar refractivity (Wildman–Crippen MR) is 88.7 cm³/mol. The quantitative estimate of drug-likeness (QED) is 0.675. The molecule has 1 spiro atoms. The summed E-state index contributed by atoms with van der Waals surface area (Å²) < 4.78 is 0. The highest BCUT2D eigenvalue weighted by atomic mass is 16.3. The van der Waals surface area contributed by atoms with Crippen molar-refractivity contribution in [3.05, 3.63) is 12.2 Å². The lowest BCUT2D eigenvalue weighted by atomic mass is 9.36. The number of ketones is 1. The molecule has 5 aliphatic carbocycles. The van der Waals surface area contributed by atoms with E-state index in [1.807, 2.05) is 0 Å². The van der Waals surface area contributed by atoms with Gasteiger partial charge in [0, 0.05) is 11.3 Å². The van der Waals surface area contributed by atoms with Gasteiger partial charge in [-0.25, -0.2) is 0 Å². The van der Waals surface area contributed by atoms with Gasteiger partial charge in [0.25, 0.3) is 0 Å². The molecule has 0 aliphatic heterocycles. The highest BCUT2D eigenvalue weighted by Crippen LogP contribution is 2.70. The minimum atomic E-state index is -0.824. The number of Topliss-reactive ketones (excluding diaryl/α,β-unsaturated/α-hetero) is 1. The van der Waals surface area contributed by atoms with Gasteiger partial charge in [-0.05, 0) is 61.2 Å². The van der Waals surface area contributed by atoms with Gasteiger partial charge in [-0.15, -0.1) is 0 Å². The highest BCUT2D eigenvalue weighted by molar-refractivity contribution is 5.92. The molecule has 1 unspecified atom stereocenters. The van der Waals surface area contributed by atoms with Gasteiger partial charge in [0.05, 0.1) is 6.10 Å². The van der Waals surface area contributed by atoms with Crippen molar-refractivity contribution < 1.29 is 15.0 Å². The Hall–Kier alpha value is -0.670. The van der Waals surface area contributed by atoms with Crippen molar-refractivity contribution in [3.63, 3.8) is 0 Å². The van der Waals surface area contributed by atoms with E-state index >= 15 is 0 Å². The molecule has 5 aliphatic rings. The topological polar surface area (TPSA) is 57.5 Å². The summed E-state index contributed by atoms with van der Waals surface area (Å²) in [6.45, 7) is 10.9. The van der Waals surface area contributed by atoms with Crippen LogP contribution in [0.4, 0.5) is 0 Å². The lowest BCUT2D eigenvalue weighted by Crippen LogP contribution is -2.67. The average Bonchev–Trinajstić information content (AvgIpc) is 2.48. The summed E-state index contributed by atoms with van der Waals surface area (Å²) in [5.74, 6) is 0.841. The molecular weight excluding hydrogens is 288 g/mol. The summed E-state index contributed by atoms with van der Waals surface area (Å²) in [5.41, 5.74) is 0.708. The van der Waals surface area contributed by atoms with Crippen molar-refractivity contribution in [2.75, 3.05) is 0 Å². The maximum absolute atomic E-state index is 13.0. The Kier molecular flexibility index (Phi) is 3.09. The third-order valence-corrected chi connectivity index (χ3v) is 8.55. The van der Waals surface area contributed by atoms with E-state index in [1.54, 1.807) is 0 Å². The molecular formula is C20H30O3. The van der Waals surface area contributed by atoms with Gasteiger partial charge >= 0.3 is 0 Å². The van der Waals surface area contributed by atoms with Crippen LogP contribution in [0.15, 0.2) is 12.2 Å². The van der Waals surface area contributed by atoms with Crippen molar-refractivity contribution in [1.82, 2.24) is 0 Å². The second-order valence-electron chi connectivity index (χ2n) is 9.67. The molecule has 0 radical (unpaired) electrons. The average molecular weight is 318 g/mol. The summed E-state index contributed by atoms with van der Waals surface area (Å²) >= 11 is 0. The molecule has 0 heterocycles. The van der Waals surface area contributed by atoms with Crippen LogP contribution in [0.1, 0.15) is 59.3 Å². The van der Waals surface area contributed by atoms with E-state index in [0.717, 1.165) is 44.1 Å². The number of aliphatic hydroxyl groups excluding tert-OH is 2. The normalized spacial score (nSPS) is 54.6. The van der Waals surface area contributed by atoms with Crippen molar-refractivity contribution in [2.24, 2.45) is 34.0 Å². The molecule has 3 heteroatoms. The maximum atomic E-state index is 13.0. The molecule has 23 heavy (non-hydrogen) atoms. The van der Waals surface area contributed by atoms with Gasteiger partial charge in [0.15, 0.2) is 5.78 Å². The molecule has 0 aromatic rings. The van der Waals surface area contributed by atoms with Gasteiger partial charge in [-0.1, -0.05) is 32.9 Å². The fourth-order valence-corrected chi connectivity index (χ4v) is 7.28. The Morgan fingerprint density at radius 3 is 2.48 bits per heavy atom. The fraction of sp³-hybridized carbons (Fsp3) is 0.850. The van der Waals surface area contributed by atoms with E-state index in [-0.39, 0.29) is 34.1 Å². The number of rotatable bonds is 0. The van der Waals surface area contributed by atoms with Crippen LogP contribution in [0.3, 0.4) is 0 Å². The van der Waals surface area contributed by atoms with Gasteiger partial charge < -0.3 is 10.2 Å².